The van der Waals surface area contributed by atoms with Crippen molar-refractivity contribution in [2.24, 2.45) is 0 Å². The number of nitrogens with zero attached hydrogens (tertiary/aromatic N) is 3. The molecule has 1 saturated heterocycles. The van der Waals surface area contributed by atoms with Gasteiger partial charge in [-0.1, -0.05) is 6.92 Å². The molecule has 0 spiro atoms. The zero-order chi connectivity index (χ0) is 19.5. The van der Waals surface area contributed by atoms with Crippen molar-refractivity contribution < 1.29 is 9.53 Å². The largest absolute Gasteiger partial charge is 0.494 e. The molecule has 28 heavy (non-hydrogen) atoms. The average Bonchev–Trinajstić information content (AvgIpc) is 2.84. The van der Waals surface area contributed by atoms with E-state index in [1.807, 2.05) is 25.1 Å². The van der Waals surface area contributed by atoms with Crippen LogP contribution in [0.4, 0.5) is 23.1 Å². The monoisotopic (exact) mass is 382 g/mol. The van der Waals surface area contributed by atoms with Gasteiger partial charge in [-0.15, -0.1) is 0 Å². The number of amides is 1. The lowest BCUT2D eigenvalue weighted by atomic mass is 10.1. The Bertz CT molecular complexity index is 864. The van der Waals surface area contributed by atoms with Gasteiger partial charge >= 0.3 is 0 Å². The smallest absolute Gasteiger partial charge is 0.261 e. The van der Waals surface area contributed by atoms with Crippen molar-refractivity contribution in [2.75, 3.05) is 42.2 Å². The molecule has 0 atom stereocenters. The van der Waals surface area contributed by atoms with Crippen LogP contribution in [0.2, 0.25) is 0 Å². The number of hydrogen-bond donors (Lipinski definition) is 3. The van der Waals surface area contributed by atoms with Gasteiger partial charge < -0.3 is 25.6 Å². The van der Waals surface area contributed by atoms with Crippen molar-refractivity contribution >= 4 is 29.0 Å². The highest BCUT2D eigenvalue weighted by Crippen LogP contribution is 2.34. The summed E-state index contributed by atoms with van der Waals surface area (Å²) in [6.45, 7) is 7.93. The van der Waals surface area contributed by atoms with E-state index in [4.69, 9.17) is 4.74 Å². The normalized spacial score (nSPS) is 17.0. The number of benzene rings is 1. The zero-order valence-corrected chi connectivity index (χ0v) is 16.3. The second-order valence-corrected chi connectivity index (χ2v) is 7.03. The first-order chi connectivity index (χ1) is 13.7. The molecule has 1 fully saturated rings. The van der Waals surface area contributed by atoms with Crippen molar-refractivity contribution in [1.29, 1.82) is 0 Å². The molecular weight excluding hydrogens is 356 g/mol. The highest BCUT2D eigenvalue weighted by molar-refractivity contribution is 6.11. The molecule has 3 N–H and O–H groups in total. The van der Waals surface area contributed by atoms with Gasteiger partial charge in [0.2, 0.25) is 5.95 Å². The molecule has 0 aliphatic carbocycles. The maximum atomic E-state index is 12.6. The summed E-state index contributed by atoms with van der Waals surface area (Å²) < 4.78 is 5.52. The van der Waals surface area contributed by atoms with Gasteiger partial charge in [0.05, 0.1) is 18.0 Å². The van der Waals surface area contributed by atoms with E-state index in [0.29, 0.717) is 41.4 Å². The Balaban J connectivity index is 1.53. The first-order valence-corrected chi connectivity index (χ1v) is 9.87. The predicted octanol–water partition coefficient (Wildman–Crippen LogP) is 3.08. The van der Waals surface area contributed by atoms with Crippen LogP contribution in [0.5, 0.6) is 5.75 Å². The van der Waals surface area contributed by atoms with Gasteiger partial charge in [0.1, 0.15) is 17.1 Å². The number of rotatable bonds is 5. The molecule has 3 heterocycles. The first kappa shape index (κ1) is 18.5. The van der Waals surface area contributed by atoms with Crippen molar-refractivity contribution in [3.63, 3.8) is 0 Å². The number of aromatic nitrogens is 2. The molecule has 8 nitrogen and oxygen atoms in total. The summed E-state index contributed by atoms with van der Waals surface area (Å²) in [7, 11) is 0. The average molecular weight is 382 g/mol. The quantitative estimate of drug-likeness (QED) is 0.732. The number of anilines is 4. The lowest BCUT2D eigenvalue weighted by Gasteiger charge is -2.31. The molecule has 0 radical (unpaired) electrons. The summed E-state index contributed by atoms with van der Waals surface area (Å²) >= 11 is 0. The molecule has 2 aromatic rings. The minimum Gasteiger partial charge on any atom is -0.494 e. The van der Waals surface area contributed by atoms with Gasteiger partial charge in [0.15, 0.2) is 0 Å². The zero-order valence-electron chi connectivity index (χ0n) is 16.3. The predicted molar refractivity (Wildman–Crippen MR) is 110 cm³/mol. The lowest BCUT2D eigenvalue weighted by Crippen LogP contribution is -2.39. The maximum Gasteiger partial charge on any atom is 0.261 e. The van der Waals surface area contributed by atoms with E-state index in [1.54, 1.807) is 6.20 Å². The van der Waals surface area contributed by atoms with Crippen LogP contribution in [0, 0.1) is 0 Å². The Labute approximate surface area is 164 Å². The van der Waals surface area contributed by atoms with E-state index in [2.05, 4.69) is 37.7 Å². The Kier molecular flexibility index (Phi) is 5.29. The molecule has 1 aromatic carbocycles. The Hall–Kier alpha value is -2.87. The van der Waals surface area contributed by atoms with Gasteiger partial charge in [-0.25, -0.2) is 4.98 Å². The third kappa shape index (κ3) is 3.87. The molecule has 2 aliphatic heterocycles. The molecule has 8 heteroatoms. The van der Waals surface area contributed by atoms with Gasteiger partial charge in [0, 0.05) is 31.4 Å². The summed E-state index contributed by atoms with van der Waals surface area (Å²) in [4.78, 5) is 24.0. The molecule has 0 unspecified atom stereocenters. The summed E-state index contributed by atoms with van der Waals surface area (Å²) in [5, 5.41) is 9.58. The molecule has 148 valence electrons. The number of ether oxygens (including phenoxy) is 1. The molecular formula is C20H26N6O2. The van der Waals surface area contributed by atoms with Gasteiger partial charge in [-0.3, -0.25) is 4.79 Å². The third-order valence-corrected chi connectivity index (χ3v) is 5.20. The lowest BCUT2D eigenvalue weighted by molar-refractivity contribution is 0.102. The molecule has 0 bridgehead atoms. The highest BCUT2D eigenvalue weighted by atomic mass is 16.5. The van der Waals surface area contributed by atoms with Crippen LogP contribution >= 0.6 is 0 Å². The van der Waals surface area contributed by atoms with Crippen LogP contribution in [0.15, 0.2) is 24.4 Å². The van der Waals surface area contributed by atoms with Crippen LogP contribution in [-0.2, 0) is 0 Å². The number of nitrogens with one attached hydrogen (secondary N) is 3. The van der Waals surface area contributed by atoms with Crippen molar-refractivity contribution in [3.05, 3.63) is 30.0 Å². The molecule has 0 saturated carbocycles. The topological polar surface area (TPSA) is 91.4 Å². The van der Waals surface area contributed by atoms with Crippen molar-refractivity contribution in [3.8, 4) is 5.75 Å². The fourth-order valence-corrected chi connectivity index (χ4v) is 3.60. The summed E-state index contributed by atoms with van der Waals surface area (Å²) in [5.41, 5.74) is 1.85. The number of likely N-dealkylation sites (tertiary alicyclic amines) is 1. The minimum atomic E-state index is -0.238. The summed E-state index contributed by atoms with van der Waals surface area (Å²) in [6, 6.07) is 5.91. The van der Waals surface area contributed by atoms with E-state index in [-0.39, 0.29) is 5.91 Å². The highest BCUT2D eigenvalue weighted by Gasteiger charge is 2.23. The third-order valence-electron chi connectivity index (χ3n) is 5.20. The van der Waals surface area contributed by atoms with Crippen LogP contribution in [0.25, 0.3) is 0 Å². The second-order valence-electron chi connectivity index (χ2n) is 7.03. The van der Waals surface area contributed by atoms with E-state index < -0.39 is 0 Å². The standard InChI is InChI=1S/C20H26N6O2/c1-3-26-9-7-13(8-10-26)22-20-21-12-15-18(25-20)23-16-6-5-14(28-4-2)11-17(16)24-19(15)27/h5-6,11-13H,3-4,7-10H2,1-2H3,(H,24,27)(H2,21,22,23,25). The fraction of sp³-hybridized carbons (Fsp3) is 0.450. The summed E-state index contributed by atoms with van der Waals surface area (Å²) in [6.07, 6.45) is 3.69. The molecule has 2 aliphatic rings. The van der Waals surface area contributed by atoms with Crippen molar-refractivity contribution in [1.82, 2.24) is 14.9 Å². The second kappa shape index (κ2) is 8.02. The first-order valence-electron chi connectivity index (χ1n) is 9.87. The van der Waals surface area contributed by atoms with Gasteiger partial charge in [-0.2, -0.15) is 4.98 Å². The van der Waals surface area contributed by atoms with Crippen LogP contribution in [0.3, 0.4) is 0 Å². The van der Waals surface area contributed by atoms with E-state index in [9.17, 15) is 4.79 Å². The number of hydrogen-bond acceptors (Lipinski definition) is 7. The Morgan fingerprint density at radius 2 is 2.04 bits per heavy atom. The Morgan fingerprint density at radius 1 is 1.21 bits per heavy atom. The van der Waals surface area contributed by atoms with Crippen molar-refractivity contribution in [2.45, 2.75) is 32.7 Å². The summed E-state index contributed by atoms with van der Waals surface area (Å²) in [5.74, 6) is 1.52. The number of carbonyl (C=O) groups excluding carboxylic acids is 1. The Morgan fingerprint density at radius 3 is 2.79 bits per heavy atom. The molecule has 4 rings (SSSR count). The van der Waals surface area contributed by atoms with E-state index in [1.165, 1.54) is 0 Å². The number of piperidine rings is 1. The minimum absolute atomic E-state index is 0.238. The fourth-order valence-electron chi connectivity index (χ4n) is 3.60. The maximum absolute atomic E-state index is 12.6. The van der Waals surface area contributed by atoms with E-state index >= 15 is 0 Å². The van der Waals surface area contributed by atoms with Crippen LogP contribution < -0.4 is 20.7 Å². The van der Waals surface area contributed by atoms with Crippen LogP contribution in [-0.4, -0.2) is 53.1 Å². The number of carbonyl (C=O) groups is 1. The van der Waals surface area contributed by atoms with Crippen LogP contribution in [0.1, 0.15) is 37.0 Å². The SMILES string of the molecule is CCOc1ccc2c(c1)NC(=O)c1cnc(NC3CCN(CC)CC3)nc1N2. The van der Waals surface area contributed by atoms with E-state index in [0.717, 1.165) is 38.2 Å². The van der Waals surface area contributed by atoms with Gasteiger partial charge in [0.25, 0.3) is 5.91 Å². The molecule has 1 amide bonds. The number of fused-ring (bicyclic) bond motifs is 2. The van der Waals surface area contributed by atoms with Gasteiger partial charge in [-0.05, 0) is 38.4 Å². The molecule has 1 aromatic heterocycles.